The molecule has 1 aliphatic carbocycles. The quantitative estimate of drug-likeness (QED) is 0.254. The third-order valence-corrected chi connectivity index (χ3v) is 7.26. The molecule has 1 aromatic rings. The fourth-order valence-electron chi connectivity index (χ4n) is 4.95. The molecule has 0 amide bonds. The van der Waals surface area contributed by atoms with E-state index in [1.807, 2.05) is 7.05 Å². The van der Waals surface area contributed by atoms with Crippen molar-refractivity contribution >= 4 is 17.7 Å². The standard InChI is InChI=1S/C22H41N7S/c1-4-18-10-7-8-16-28(18)17-15-25-21(23-2)24-14-9-13-20-26-27-22(30-3)29(20)19-11-5-6-12-19/h18-19H,4-17H2,1-3H3,(H2,23,24,25). The molecule has 7 nitrogen and oxygen atoms in total. The zero-order valence-corrected chi connectivity index (χ0v) is 20.0. The molecule has 0 bridgehead atoms. The number of thioether (sulfide) groups is 1. The van der Waals surface area contributed by atoms with E-state index in [2.05, 4.69) is 48.5 Å². The molecule has 3 rings (SSSR count). The van der Waals surface area contributed by atoms with Crippen LogP contribution in [0.5, 0.6) is 0 Å². The maximum absolute atomic E-state index is 4.50. The van der Waals surface area contributed by atoms with Gasteiger partial charge >= 0.3 is 0 Å². The minimum atomic E-state index is 0.599. The molecule has 1 saturated carbocycles. The van der Waals surface area contributed by atoms with Gasteiger partial charge in [-0.25, -0.2) is 0 Å². The Balaban J connectivity index is 1.38. The van der Waals surface area contributed by atoms with Crippen LogP contribution in [-0.4, -0.2) is 71.1 Å². The Morgan fingerprint density at radius 1 is 1.10 bits per heavy atom. The van der Waals surface area contributed by atoms with Gasteiger partial charge in [-0.3, -0.25) is 9.89 Å². The molecule has 2 fully saturated rings. The first-order chi connectivity index (χ1) is 14.8. The Kier molecular flexibility index (Phi) is 9.78. The first-order valence-corrected chi connectivity index (χ1v) is 13.2. The summed E-state index contributed by atoms with van der Waals surface area (Å²) in [6.07, 6.45) is 14.6. The lowest BCUT2D eigenvalue weighted by Gasteiger charge is -2.35. The van der Waals surface area contributed by atoms with Crippen molar-refractivity contribution in [2.45, 2.75) is 88.4 Å². The summed E-state index contributed by atoms with van der Waals surface area (Å²) in [4.78, 5) is 7.03. The maximum atomic E-state index is 4.50. The van der Waals surface area contributed by atoms with Crippen molar-refractivity contribution in [2.24, 2.45) is 4.99 Å². The Morgan fingerprint density at radius 2 is 1.87 bits per heavy atom. The van der Waals surface area contributed by atoms with Gasteiger partial charge in [-0.2, -0.15) is 0 Å². The second-order valence-electron chi connectivity index (χ2n) is 8.53. The monoisotopic (exact) mass is 435 g/mol. The van der Waals surface area contributed by atoms with Crippen LogP contribution >= 0.6 is 11.8 Å². The van der Waals surface area contributed by atoms with Crippen molar-refractivity contribution in [2.75, 3.05) is 39.5 Å². The smallest absolute Gasteiger partial charge is 0.191 e. The van der Waals surface area contributed by atoms with Crippen molar-refractivity contribution < 1.29 is 0 Å². The Hall–Kier alpha value is -1.28. The van der Waals surface area contributed by atoms with Crippen molar-refractivity contribution in [3.8, 4) is 0 Å². The van der Waals surface area contributed by atoms with E-state index < -0.39 is 0 Å². The number of nitrogens with zero attached hydrogens (tertiary/aromatic N) is 5. The summed E-state index contributed by atoms with van der Waals surface area (Å²) in [7, 11) is 1.85. The van der Waals surface area contributed by atoms with Gasteiger partial charge < -0.3 is 15.2 Å². The van der Waals surface area contributed by atoms with Crippen LogP contribution in [0.1, 0.15) is 76.6 Å². The van der Waals surface area contributed by atoms with Crippen LogP contribution in [0.25, 0.3) is 0 Å². The normalized spacial score (nSPS) is 21.3. The molecular weight excluding hydrogens is 394 g/mol. The van der Waals surface area contributed by atoms with Gasteiger partial charge in [-0.15, -0.1) is 10.2 Å². The van der Waals surface area contributed by atoms with Crippen LogP contribution in [0.4, 0.5) is 0 Å². The van der Waals surface area contributed by atoms with Gasteiger partial charge in [0.25, 0.3) is 0 Å². The maximum Gasteiger partial charge on any atom is 0.191 e. The average molecular weight is 436 g/mol. The number of guanidine groups is 1. The zero-order valence-electron chi connectivity index (χ0n) is 19.2. The molecule has 1 unspecified atom stereocenters. The second-order valence-corrected chi connectivity index (χ2v) is 9.31. The molecule has 1 saturated heterocycles. The number of hydrogen-bond acceptors (Lipinski definition) is 5. The number of aromatic nitrogens is 3. The summed E-state index contributed by atoms with van der Waals surface area (Å²) in [5, 5.41) is 17.0. The molecule has 2 N–H and O–H groups in total. The molecule has 2 heterocycles. The van der Waals surface area contributed by atoms with Crippen LogP contribution in [-0.2, 0) is 6.42 Å². The molecule has 1 aliphatic heterocycles. The summed E-state index contributed by atoms with van der Waals surface area (Å²) in [5.41, 5.74) is 0. The molecule has 0 radical (unpaired) electrons. The number of nitrogens with one attached hydrogen (secondary N) is 2. The van der Waals surface area contributed by atoms with Crippen molar-refractivity contribution in [3.05, 3.63) is 5.82 Å². The summed E-state index contributed by atoms with van der Waals surface area (Å²) < 4.78 is 2.41. The topological polar surface area (TPSA) is 70.4 Å². The number of rotatable bonds is 10. The summed E-state index contributed by atoms with van der Waals surface area (Å²) in [6, 6.07) is 1.36. The first-order valence-electron chi connectivity index (χ1n) is 11.9. The van der Waals surface area contributed by atoms with E-state index in [-0.39, 0.29) is 0 Å². The van der Waals surface area contributed by atoms with Gasteiger partial charge in [0, 0.05) is 45.2 Å². The highest BCUT2D eigenvalue weighted by atomic mass is 32.2. The molecule has 2 aliphatic rings. The Labute approximate surface area is 186 Å². The fraction of sp³-hybridized carbons (Fsp3) is 0.864. The lowest BCUT2D eigenvalue weighted by Crippen LogP contribution is -2.46. The zero-order chi connectivity index (χ0) is 21.2. The second kappa shape index (κ2) is 12.5. The van der Waals surface area contributed by atoms with Crippen molar-refractivity contribution in [3.63, 3.8) is 0 Å². The molecule has 170 valence electrons. The summed E-state index contributed by atoms with van der Waals surface area (Å²) in [6.45, 7) is 6.50. The summed E-state index contributed by atoms with van der Waals surface area (Å²) >= 11 is 1.71. The molecule has 30 heavy (non-hydrogen) atoms. The minimum Gasteiger partial charge on any atom is -0.356 e. The summed E-state index contributed by atoms with van der Waals surface area (Å²) in [5.74, 6) is 2.05. The fourth-order valence-corrected chi connectivity index (χ4v) is 5.53. The number of hydrogen-bond donors (Lipinski definition) is 2. The largest absolute Gasteiger partial charge is 0.356 e. The van der Waals surface area contributed by atoms with Crippen LogP contribution in [0.3, 0.4) is 0 Å². The molecule has 1 aromatic heterocycles. The van der Waals surface area contributed by atoms with Gasteiger partial charge in [-0.1, -0.05) is 37.9 Å². The number of aliphatic imine (C=N–C) groups is 1. The predicted molar refractivity (Wildman–Crippen MR) is 126 cm³/mol. The van der Waals surface area contributed by atoms with E-state index in [4.69, 9.17) is 0 Å². The highest BCUT2D eigenvalue weighted by Crippen LogP contribution is 2.33. The van der Waals surface area contributed by atoms with Gasteiger partial charge in [0.1, 0.15) is 5.82 Å². The average Bonchev–Trinajstić information content (AvgIpc) is 3.45. The van der Waals surface area contributed by atoms with Crippen molar-refractivity contribution in [1.29, 1.82) is 0 Å². The Bertz CT molecular complexity index is 654. The molecule has 1 atom stereocenters. The lowest BCUT2D eigenvalue weighted by molar-refractivity contribution is 0.147. The Morgan fingerprint density at radius 3 is 2.60 bits per heavy atom. The molecule has 0 aromatic carbocycles. The van der Waals surface area contributed by atoms with Crippen LogP contribution in [0.15, 0.2) is 10.1 Å². The lowest BCUT2D eigenvalue weighted by atomic mass is 10.0. The third-order valence-electron chi connectivity index (χ3n) is 6.61. The number of aryl methyl sites for hydroxylation is 1. The van der Waals surface area contributed by atoms with Crippen LogP contribution in [0.2, 0.25) is 0 Å². The predicted octanol–water partition coefficient (Wildman–Crippen LogP) is 3.48. The first kappa shape index (κ1) is 23.4. The SMILES string of the molecule is CCC1CCCCN1CCNC(=NC)NCCCc1nnc(SC)n1C1CCCC1. The number of likely N-dealkylation sites (tertiary alicyclic amines) is 1. The van der Waals surface area contributed by atoms with Gasteiger partial charge in [-0.05, 0) is 51.3 Å². The van der Waals surface area contributed by atoms with Crippen LogP contribution < -0.4 is 10.6 Å². The highest BCUT2D eigenvalue weighted by molar-refractivity contribution is 7.98. The van der Waals surface area contributed by atoms with E-state index in [9.17, 15) is 0 Å². The molecule has 8 heteroatoms. The minimum absolute atomic E-state index is 0.599. The van der Waals surface area contributed by atoms with Crippen LogP contribution in [0, 0.1) is 0 Å². The van der Waals surface area contributed by atoms with E-state index >= 15 is 0 Å². The molecular formula is C22H41N7S. The van der Waals surface area contributed by atoms with Gasteiger partial charge in [0.15, 0.2) is 11.1 Å². The number of piperidine rings is 1. The van der Waals surface area contributed by atoms with E-state index in [1.165, 1.54) is 57.9 Å². The highest BCUT2D eigenvalue weighted by Gasteiger charge is 2.23. The molecule has 0 spiro atoms. The van der Waals surface area contributed by atoms with Gasteiger partial charge in [0.2, 0.25) is 0 Å². The third kappa shape index (κ3) is 6.36. The van der Waals surface area contributed by atoms with E-state index in [0.29, 0.717) is 6.04 Å². The van der Waals surface area contributed by atoms with E-state index in [1.54, 1.807) is 11.8 Å². The van der Waals surface area contributed by atoms with E-state index in [0.717, 1.165) is 55.5 Å². The van der Waals surface area contributed by atoms with Crippen molar-refractivity contribution in [1.82, 2.24) is 30.3 Å². The van der Waals surface area contributed by atoms with Gasteiger partial charge in [0.05, 0.1) is 0 Å².